The van der Waals surface area contributed by atoms with Crippen LogP contribution in [0, 0.1) is 0 Å². The maximum Gasteiger partial charge on any atom is 0.305 e. The summed E-state index contributed by atoms with van der Waals surface area (Å²) in [5.74, 6) is 0.868. The van der Waals surface area contributed by atoms with Crippen LogP contribution in [0.5, 0.6) is 0 Å². The summed E-state index contributed by atoms with van der Waals surface area (Å²) >= 11 is 4.16. The van der Waals surface area contributed by atoms with Crippen molar-refractivity contribution in [2.45, 2.75) is 64.2 Å². The van der Waals surface area contributed by atoms with Gasteiger partial charge >= 0.3 is 5.97 Å². The predicted molar refractivity (Wildman–Crippen MR) is 83.0 cm³/mol. The summed E-state index contributed by atoms with van der Waals surface area (Å²) in [7, 11) is 0. The highest BCUT2D eigenvalue weighted by molar-refractivity contribution is 7.80. The zero-order valence-corrected chi connectivity index (χ0v) is 13.2. The summed E-state index contributed by atoms with van der Waals surface area (Å²) in [5.41, 5.74) is 0. The van der Waals surface area contributed by atoms with Gasteiger partial charge in [-0.3, -0.25) is 9.59 Å². The lowest BCUT2D eigenvalue weighted by Crippen LogP contribution is -2.05. The van der Waals surface area contributed by atoms with Gasteiger partial charge in [0, 0.05) is 6.42 Å². The third kappa shape index (κ3) is 15.3. The SMILES string of the molecule is O=COCCCCCCOC(=O)CCCCCCCS. The molecule has 0 saturated heterocycles. The topological polar surface area (TPSA) is 52.6 Å². The highest BCUT2D eigenvalue weighted by Crippen LogP contribution is 2.07. The van der Waals surface area contributed by atoms with Crippen molar-refractivity contribution in [2.24, 2.45) is 0 Å². The van der Waals surface area contributed by atoms with Crippen LogP contribution in [0.1, 0.15) is 64.2 Å². The molecule has 0 aliphatic rings. The lowest BCUT2D eigenvalue weighted by atomic mass is 10.1. The summed E-state index contributed by atoms with van der Waals surface area (Å²) in [6.07, 6.45) is 9.85. The lowest BCUT2D eigenvalue weighted by Gasteiger charge is -2.05. The molecule has 5 heteroatoms. The number of carbonyl (C=O) groups is 2. The van der Waals surface area contributed by atoms with E-state index >= 15 is 0 Å². The Morgan fingerprint density at radius 3 is 2.15 bits per heavy atom. The molecule has 0 atom stereocenters. The zero-order valence-electron chi connectivity index (χ0n) is 12.3. The highest BCUT2D eigenvalue weighted by atomic mass is 32.1. The molecule has 4 nitrogen and oxygen atoms in total. The Morgan fingerprint density at radius 2 is 1.45 bits per heavy atom. The van der Waals surface area contributed by atoms with Gasteiger partial charge in [0.25, 0.3) is 6.47 Å². The van der Waals surface area contributed by atoms with Gasteiger partial charge in [0.1, 0.15) is 0 Å². The molecule has 118 valence electrons. The van der Waals surface area contributed by atoms with Crippen molar-refractivity contribution in [3.63, 3.8) is 0 Å². The first-order valence-corrected chi connectivity index (χ1v) is 8.26. The molecule has 0 unspecified atom stereocenters. The summed E-state index contributed by atoms with van der Waals surface area (Å²) < 4.78 is 9.75. The largest absolute Gasteiger partial charge is 0.468 e. The summed E-state index contributed by atoms with van der Waals surface area (Å²) in [6, 6.07) is 0. The molecular weight excluding hydrogens is 276 g/mol. The van der Waals surface area contributed by atoms with Crippen LogP contribution in [0.15, 0.2) is 0 Å². The van der Waals surface area contributed by atoms with Gasteiger partial charge in [-0.05, 0) is 44.3 Å². The molecule has 0 amide bonds. The average molecular weight is 304 g/mol. The molecule has 0 bridgehead atoms. The van der Waals surface area contributed by atoms with Gasteiger partial charge in [-0.25, -0.2) is 0 Å². The quantitative estimate of drug-likeness (QED) is 0.218. The van der Waals surface area contributed by atoms with Crippen molar-refractivity contribution in [1.29, 1.82) is 0 Å². The van der Waals surface area contributed by atoms with E-state index in [4.69, 9.17) is 4.74 Å². The first-order chi connectivity index (χ1) is 9.81. The minimum atomic E-state index is -0.0801. The van der Waals surface area contributed by atoms with E-state index < -0.39 is 0 Å². The molecule has 0 aromatic heterocycles. The minimum absolute atomic E-state index is 0.0801. The van der Waals surface area contributed by atoms with E-state index in [9.17, 15) is 9.59 Å². The predicted octanol–water partition coefficient (Wildman–Crippen LogP) is 3.53. The molecule has 0 saturated carbocycles. The number of esters is 1. The fraction of sp³-hybridized carbons (Fsp3) is 0.867. The van der Waals surface area contributed by atoms with Crippen LogP contribution in [-0.2, 0) is 19.1 Å². The Balaban J connectivity index is 3.14. The van der Waals surface area contributed by atoms with Gasteiger partial charge in [-0.1, -0.05) is 19.3 Å². The average Bonchev–Trinajstić information content (AvgIpc) is 2.45. The maximum atomic E-state index is 11.4. The Labute approximate surface area is 128 Å². The van der Waals surface area contributed by atoms with Crippen LogP contribution < -0.4 is 0 Å². The number of thiol groups is 1. The normalized spacial score (nSPS) is 10.2. The molecule has 0 rings (SSSR count). The molecule has 20 heavy (non-hydrogen) atoms. The first-order valence-electron chi connectivity index (χ1n) is 7.63. The van der Waals surface area contributed by atoms with Crippen LogP contribution >= 0.6 is 12.6 Å². The number of hydrogen-bond donors (Lipinski definition) is 1. The number of hydrogen-bond acceptors (Lipinski definition) is 5. The van der Waals surface area contributed by atoms with Gasteiger partial charge in [0.2, 0.25) is 0 Å². The van der Waals surface area contributed by atoms with Crippen LogP contribution in [0.2, 0.25) is 0 Å². The Morgan fingerprint density at radius 1 is 0.850 bits per heavy atom. The fourth-order valence-electron chi connectivity index (χ4n) is 1.86. The van der Waals surface area contributed by atoms with E-state index in [0.717, 1.165) is 50.7 Å². The van der Waals surface area contributed by atoms with Crippen LogP contribution in [0.25, 0.3) is 0 Å². The number of rotatable bonds is 15. The lowest BCUT2D eigenvalue weighted by molar-refractivity contribution is -0.144. The Bertz CT molecular complexity index is 234. The van der Waals surface area contributed by atoms with Crippen LogP contribution in [0.4, 0.5) is 0 Å². The third-order valence-electron chi connectivity index (χ3n) is 3.03. The summed E-state index contributed by atoms with van der Waals surface area (Å²) in [5, 5.41) is 0. The maximum absolute atomic E-state index is 11.4. The van der Waals surface area contributed by atoms with Crippen molar-refractivity contribution in [3.8, 4) is 0 Å². The van der Waals surface area contributed by atoms with Crippen LogP contribution in [-0.4, -0.2) is 31.4 Å². The number of carbonyl (C=O) groups excluding carboxylic acids is 2. The molecule has 0 aromatic carbocycles. The molecular formula is C15H28O4S. The van der Waals surface area contributed by atoms with E-state index in [1.54, 1.807) is 0 Å². The van der Waals surface area contributed by atoms with Crippen LogP contribution in [0.3, 0.4) is 0 Å². The molecule has 0 radical (unpaired) electrons. The second-order valence-corrected chi connectivity index (χ2v) is 5.29. The Hall–Kier alpha value is -0.710. The molecule has 0 spiro atoms. The van der Waals surface area contributed by atoms with Crippen molar-refractivity contribution in [3.05, 3.63) is 0 Å². The molecule has 0 aliphatic heterocycles. The second-order valence-electron chi connectivity index (χ2n) is 4.84. The van der Waals surface area contributed by atoms with Gasteiger partial charge in [-0.2, -0.15) is 12.6 Å². The van der Waals surface area contributed by atoms with Crippen molar-refractivity contribution >= 4 is 25.1 Å². The second kappa shape index (κ2) is 16.3. The van der Waals surface area contributed by atoms with Crippen molar-refractivity contribution < 1.29 is 19.1 Å². The van der Waals surface area contributed by atoms with Crippen molar-refractivity contribution in [2.75, 3.05) is 19.0 Å². The van der Waals surface area contributed by atoms with Gasteiger partial charge in [0.05, 0.1) is 13.2 Å². The third-order valence-corrected chi connectivity index (χ3v) is 3.34. The monoisotopic (exact) mass is 304 g/mol. The molecule has 0 fully saturated rings. The van der Waals surface area contributed by atoms with Gasteiger partial charge < -0.3 is 9.47 Å². The smallest absolute Gasteiger partial charge is 0.305 e. The van der Waals surface area contributed by atoms with Gasteiger partial charge in [0.15, 0.2) is 0 Å². The first kappa shape index (κ1) is 19.3. The summed E-state index contributed by atoms with van der Waals surface area (Å²) in [4.78, 5) is 21.3. The van der Waals surface area contributed by atoms with E-state index in [0.29, 0.717) is 26.1 Å². The van der Waals surface area contributed by atoms with E-state index in [-0.39, 0.29) is 5.97 Å². The molecule has 0 aromatic rings. The van der Waals surface area contributed by atoms with Crippen molar-refractivity contribution in [1.82, 2.24) is 0 Å². The van der Waals surface area contributed by atoms with E-state index in [1.165, 1.54) is 12.8 Å². The van der Waals surface area contributed by atoms with E-state index in [1.807, 2.05) is 0 Å². The van der Waals surface area contributed by atoms with E-state index in [2.05, 4.69) is 17.4 Å². The molecule has 0 heterocycles. The standard InChI is InChI=1S/C15H28O4S/c16-14-18-11-7-3-4-8-12-19-15(17)10-6-2-1-5-9-13-20/h14,20H,1-13H2. The summed E-state index contributed by atoms with van der Waals surface area (Å²) in [6.45, 7) is 1.46. The Kier molecular flexibility index (Phi) is 15.8. The molecule has 0 aliphatic carbocycles. The zero-order chi connectivity index (χ0) is 14.9. The number of ether oxygens (including phenoxy) is 2. The number of unbranched alkanes of at least 4 members (excludes halogenated alkanes) is 7. The fourth-order valence-corrected chi connectivity index (χ4v) is 2.08. The highest BCUT2D eigenvalue weighted by Gasteiger charge is 2.02. The molecule has 0 N–H and O–H groups in total. The minimum Gasteiger partial charge on any atom is -0.468 e. The van der Waals surface area contributed by atoms with Gasteiger partial charge in [-0.15, -0.1) is 0 Å².